The van der Waals surface area contributed by atoms with E-state index in [1.54, 1.807) is 36.4 Å². The van der Waals surface area contributed by atoms with Crippen LogP contribution in [0.4, 0.5) is 4.39 Å². The van der Waals surface area contributed by atoms with Crippen molar-refractivity contribution in [2.75, 3.05) is 0 Å². The van der Waals surface area contributed by atoms with Crippen LogP contribution in [-0.2, 0) is 13.2 Å². The van der Waals surface area contributed by atoms with Crippen molar-refractivity contribution >= 4 is 16.9 Å². The molecule has 23 heavy (non-hydrogen) atoms. The van der Waals surface area contributed by atoms with Gasteiger partial charge in [0.2, 0.25) is 0 Å². The second-order valence-electron chi connectivity index (χ2n) is 5.14. The SMILES string of the molecule is CCn1c(COc2ccccc2F)cc2c(C(=O)O)cccc21. The molecule has 0 atom stereocenters. The van der Waals surface area contributed by atoms with E-state index in [1.807, 2.05) is 17.6 Å². The number of hydrogen-bond acceptors (Lipinski definition) is 2. The molecule has 0 aliphatic heterocycles. The fourth-order valence-electron chi connectivity index (χ4n) is 2.73. The summed E-state index contributed by atoms with van der Waals surface area (Å²) in [5, 5.41) is 9.97. The van der Waals surface area contributed by atoms with Crippen LogP contribution in [0, 0.1) is 5.82 Å². The first-order valence-corrected chi connectivity index (χ1v) is 7.33. The van der Waals surface area contributed by atoms with Gasteiger partial charge in [0.25, 0.3) is 0 Å². The molecule has 1 aromatic heterocycles. The summed E-state index contributed by atoms with van der Waals surface area (Å²) in [5.74, 6) is -1.21. The van der Waals surface area contributed by atoms with E-state index in [9.17, 15) is 14.3 Å². The zero-order chi connectivity index (χ0) is 16.4. The second kappa shape index (κ2) is 6.12. The van der Waals surface area contributed by atoms with Crippen LogP contribution in [0.1, 0.15) is 23.0 Å². The van der Waals surface area contributed by atoms with E-state index in [2.05, 4.69) is 0 Å². The van der Waals surface area contributed by atoms with Crippen molar-refractivity contribution in [3.8, 4) is 5.75 Å². The molecule has 3 aromatic rings. The molecule has 0 spiro atoms. The van der Waals surface area contributed by atoms with Crippen LogP contribution in [-0.4, -0.2) is 15.6 Å². The van der Waals surface area contributed by atoms with E-state index in [-0.39, 0.29) is 17.9 Å². The van der Waals surface area contributed by atoms with Crippen LogP contribution in [0.3, 0.4) is 0 Å². The van der Waals surface area contributed by atoms with Crippen molar-refractivity contribution in [3.63, 3.8) is 0 Å². The lowest BCUT2D eigenvalue weighted by molar-refractivity contribution is 0.0699. The lowest BCUT2D eigenvalue weighted by atomic mass is 10.1. The van der Waals surface area contributed by atoms with E-state index in [1.165, 1.54) is 6.07 Å². The molecule has 0 amide bonds. The molecule has 0 aliphatic carbocycles. The Morgan fingerprint density at radius 2 is 2.00 bits per heavy atom. The predicted molar refractivity (Wildman–Crippen MR) is 85.3 cm³/mol. The van der Waals surface area contributed by atoms with Crippen LogP contribution in [0.25, 0.3) is 10.9 Å². The van der Waals surface area contributed by atoms with Crippen LogP contribution < -0.4 is 4.74 Å². The Morgan fingerprint density at radius 1 is 1.22 bits per heavy atom. The lowest BCUT2D eigenvalue weighted by Gasteiger charge is -2.10. The average Bonchev–Trinajstić information content (AvgIpc) is 2.91. The number of carbonyl (C=O) groups is 1. The molecule has 0 fully saturated rings. The number of hydrogen-bond donors (Lipinski definition) is 1. The summed E-state index contributed by atoms with van der Waals surface area (Å²) < 4.78 is 21.2. The van der Waals surface area contributed by atoms with E-state index in [4.69, 9.17) is 4.74 Å². The quantitative estimate of drug-likeness (QED) is 0.772. The fourth-order valence-corrected chi connectivity index (χ4v) is 2.73. The van der Waals surface area contributed by atoms with E-state index >= 15 is 0 Å². The zero-order valence-electron chi connectivity index (χ0n) is 12.6. The Hall–Kier alpha value is -2.82. The number of halogens is 1. The minimum Gasteiger partial charge on any atom is -0.484 e. The molecule has 0 bridgehead atoms. The number of para-hydroxylation sites is 1. The highest BCUT2D eigenvalue weighted by Crippen LogP contribution is 2.25. The summed E-state index contributed by atoms with van der Waals surface area (Å²) in [5.41, 5.74) is 1.89. The Kier molecular flexibility index (Phi) is 4.02. The number of benzene rings is 2. The van der Waals surface area contributed by atoms with Crippen LogP contribution >= 0.6 is 0 Å². The van der Waals surface area contributed by atoms with Gasteiger partial charge >= 0.3 is 5.97 Å². The first kappa shape index (κ1) is 15.1. The van der Waals surface area contributed by atoms with Crippen molar-refractivity contribution in [2.24, 2.45) is 0 Å². The largest absolute Gasteiger partial charge is 0.484 e. The first-order chi connectivity index (χ1) is 11.1. The maximum Gasteiger partial charge on any atom is 0.336 e. The van der Waals surface area contributed by atoms with Gasteiger partial charge < -0.3 is 14.4 Å². The molecule has 0 saturated carbocycles. The molecule has 0 radical (unpaired) electrons. The molecule has 3 rings (SSSR count). The van der Waals surface area contributed by atoms with E-state index in [0.717, 1.165) is 11.2 Å². The highest BCUT2D eigenvalue weighted by atomic mass is 19.1. The zero-order valence-corrected chi connectivity index (χ0v) is 12.6. The minimum absolute atomic E-state index is 0.169. The Balaban J connectivity index is 1.99. The van der Waals surface area contributed by atoms with Gasteiger partial charge in [-0.3, -0.25) is 0 Å². The smallest absolute Gasteiger partial charge is 0.336 e. The van der Waals surface area contributed by atoms with Gasteiger partial charge in [-0.05, 0) is 37.3 Å². The number of fused-ring (bicyclic) bond motifs is 1. The van der Waals surface area contributed by atoms with Crippen molar-refractivity contribution < 1.29 is 19.0 Å². The molecule has 2 aromatic carbocycles. The van der Waals surface area contributed by atoms with Gasteiger partial charge in [-0.15, -0.1) is 0 Å². The molecule has 118 valence electrons. The standard InChI is InChI=1S/C18H16FNO3/c1-2-20-12(11-23-17-9-4-3-7-15(17)19)10-14-13(18(21)22)6-5-8-16(14)20/h3-10H,2,11H2,1H3,(H,21,22). The summed E-state index contributed by atoms with van der Waals surface area (Å²) in [6.07, 6.45) is 0. The number of carboxylic acid groups (broad SMARTS) is 1. The molecule has 0 unspecified atom stereocenters. The monoisotopic (exact) mass is 313 g/mol. The number of nitrogens with zero attached hydrogens (tertiary/aromatic N) is 1. The summed E-state index contributed by atoms with van der Waals surface area (Å²) in [7, 11) is 0. The molecule has 1 heterocycles. The van der Waals surface area contributed by atoms with Gasteiger partial charge in [-0.25, -0.2) is 9.18 Å². The second-order valence-corrected chi connectivity index (χ2v) is 5.14. The number of aromatic carboxylic acids is 1. The molecular formula is C18H16FNO3. The molecule has 4 nitrogen and oxygen atoms in total. The summed E-state index contributed by atoms with van der Waals surface area (Å²) in [6.45, 7) is 2.81. The van der Waals surface area contributed by atoms with Crippen molar-refractivity contribution in [1.29, 1.82) is 0 Å². The maximum atomic E-state index is 13.6. The van der Waals surface area contributed by atoms with E-state index < -0.39 is 11.8 Å². The van der Waals surface area contributed by atoms with Gasteiger partial charge in [0.1, 0.15) is 6.61 Å². The van der Waals surface area contributed by atoms with Gasteiger partial charge in [-0.2, -0.15) is 0 Å². The normalized spacial score (nSPS) is 10.9. The van der Waals surface area contributed by atoms with Crippen molar-refractivity contribution in [2.45, 2.75) is 20.1 Å². The number of ether oxygens (including phenoxy) is 1. The summed E-state index contributed by atoms with van der Waals surface area (Å²) in [6, 6.07) is 13.2. The van der Waals surface area contributed by atoms with Crippen LogP contribution in [0.2, 0.25) is 0 Å². The average molecular weight is 313 g/mol. The Morgan fingerprint density at radius 3 is 2.70 bits per heavy atom. The van der Waals surface area contributed by atoms with Crippen molar-refractivity contribution in [1.82, 2.24) is 4.57 Å². The number of aryl methyl sites for hydroxylation is 1. The third kappa shape index (κ3) is 2.77. The molecular weight excluding hydrogens is 297 g/mol. The molecule has 0 aliphatic rings. The fraction of sp³-hybridized carbons (Fsp3) is 0.167. The number of carboxylic acids is 1. The summed E-state index contributed by atoms with van der Waals surface area (Å²) in [4.78, 5) is 11.4. The van der Waals surface area contributed by atoms with Gasteiger partial charge in [-0.1, -0.05) is 18.2 Å². The van der Waals surface area contributed by atoms with Gasteiger partial charge in [0.15, 0.2) is 11.6 Å². The Labute approximate surface area is 132 Å². The molecule has 0 saturated heterocycles. The third-order valence-corrected chi connectivity index (χ3v) is 3.79. The summed E-state index contributed by atoms with van der Waals surface area (Å²) >= 11 is 0. The predicted octanol–water partition coefficient (Wildman–Crippen LogP) is 4.08. The maximum absolute atomic E-state index is 13.6. The molecule has 1 N–H and O–H groups in total. The highest BCUT2D eigenvalue weighted by Gasteiger charge is 2.15. The topological polar surface area (TPSA) is 51.5 Å². The van der Waals surface area contributed by atoms with Gasteiger partial charge in [0.05, 0.1) is 11.3 Å². The number of rotatable bonds is 5. The van der Waals surface area contributed by atoms with Crippen LogP contribution in [0.15, 0.2) is 48.5 Å². The highest BCUT2D eigenvalue weighted by molar-refractivity contribution is 6.03. The minimum atomic E-state index is -0.967. The number of aromatic nitrogens is 1. The third-order valence-electron chi connectivity index (χ3n) is 3.79. The molecule has 5 heteroatoms. The van der Waals surface area contributed by atoms with Crippen molar-refractivity contribution in [3.05, 3.63) is 65.6 Å². The van der Waals surface area contributed by atoms with E-state index in [0.29, 0.717) is 11.9 Å². The van der Waals surface area contributed by atoms with Gasteiger partial charge in [0, 0.05) is 17.4 Å². The van der Waals surface area contributed by atoms with Crippen LogP contribution in [0.5, 0.6) is 5.75 Å². The lowest BCUT2D eigenvalue weighted by Crippen LogP contribution is -2.05. The first-order valence-electron chi connectivity index (χ1n) is 7.33. The Bertz CT molecular complexity index is 870.